The Bertz CT molecular complexity index is 371. The highest BCUT2D eigenvalue weighted by Gasteiger charge is 2.29. The summed E-state index contributed by atoms with van der Waals surface area (Å²) in [5.41, 5.74) is 1.47. The van der Waals surface area contributed by atoms with Crippen LogP contribution in [0, 0.1) is 5.92 Å². The first-order chi connectivity index (χ1) is 9.15. The first-order valence-electron chi connectivity index (χ1n) is 7.21. The number of ether oxygens (including phenoxy) is 1. The fourth-order valence-electron chi connectivity index (χ4n) is 2.45. The molecule has 0 saturated heterocycles. The maximum atomic E-state index is 5.57. The molecule has 1 aromatic rings. The van der Waals surface area contributed by atoms with E-state index in [4.69, 9.17) is 4.74 Å². The average molecular weight is 326 g/mol. The third-order valence-corrected chi connectivity index (χ3v) is 4.14. The third-order valence-electron chi connectivity index (χ3n) is 3.61. The molecule has 19 heavy (non-hydrogen) atoms. The zero-order valence-electron chi connectivity index (χ0n) is 11.9. The van der Waals surface area contributed by atoms with Gasteiger partial charge in [-0.15, -0.1) is 0 Å². The fourth-order valence-corrected chi connectivity index (χ4v) is 2.71. The van der Waals surface area contributed by atoms with Crippen LogP contribution in [-0.2, 0) is 4.74 Å². The highest BCUT2D eigenvalue weighted by molar-refractivity contribution is 9.10. The van der Waals surface area contributed by atoms with Crippen molar-refractivity contribution < 1.29 is 4.74 Å². The van der Waals surface area contributed by atoms with Gasteiger partial charge in [-0.25, -0.2) is 0 Å². The van der Waals surface area contributed by atoms with Gasteiger partial charge in [0.05, 0.1) is 6.61 Å². The van der Waals surface area contributed by atoms with Gasteiger partial charge in [-0.2, -0.15) is 0 Å². The van der Waals surface area contributed by atoms with Crippen molar-refractivity contribution in [3.05, 3.63) is 34.3 Å². The molecule has 0 amide bonds. The van der Waals surface area contributed by atoms with Crippen LogP contribution in [0.15, 0.2) is 28.7 Å². The SMILES string of the molecule is CC(C)COCCNC1CC(c2ccc(Br)cc2)C1. The molecule has 0 bridgehead atoms. The standard InChI is InChI=1S/C16H24BrNO/c1-12(2)11-19-8-7-18-16-9-14(10-16)13-3-5-15(17)6-4-13/h3-6,12,14,16,18H,7-11H2,1-2H3. The molecule has 1 aliphatic carbocycles. The molecule has 1 N–H and O–H groups in total. The second-order valence-electron chi connectivity index (χ2n) is 5.84. The first kappa shape index (κ1) is 15.0. The van der Waals surface area contributed by atoms with E-state index in [1.807, 2.05) is 0 Å². The molecule has 2 rings (SSSR count). The minimum atomic E-state index is 0.630. The molecule has 1 saturated carbocycles. The zero-order valence-corrected chi connectivity index (χ0v) is 13.4. The van der Waals surface area contributed by atoms with Crippen molar-refractivity contribution in [2.45, 2.75) is 38.6 Å². The van der Waals surface area contributed by atoms with Crippen LogP contribution in [0.5, 0.6) is 0 Å². The number of halogens is 1. The summed E-state index contributed by atoms with van der Waals surface area (Å²) in [7, 11) is 0. The summed E-state index contributed by atoms with van der Waals surface area (Å²) < 4.78 is 6.73. The fraction of sp³-hybridized carbons (Fsp3) is 0.625. The van der Waals surface area contributed by atoms with Crippen LogP contribution in [-0.4, -0.2) is 25.8 Å². The molecule has 0 unspecified atom stereocenters. The number of rotatable bonds is 7. The van der Waals surface area contributed by atoms with Gasteiger partial charge in [-0.1, -0.05) is 41.9 Å². The minimum absolute atomic E-state index is 0.630. The van der Waals surface area contributed by atoms with E-state index in [0.717, 1.165) is 30.1 Å². The highest BCUT2D eigenvalue weighted by atomic mass is 79.9. The van der Waals surface area contributed by atoms with Crippen LogP contribution in [0.1, 0.15) is 38.2 Å². The largest absolute Gasteiger partial charge is 0.380 e. The summed E-state index contributed by atoms with van der Waals surface area (Å²) in [6, 6.07) is 9.41. The van der Waals surface area contributed by atoms with E-state index in [-0.39, 0.29) is 0 Å². The summed E-state index contributed by atoms with van der Waals surface area (Å²) in [4.78, 5) is 0. The Morgan fingerprint density at radius 2 is 1.95 bits per heavy atom. The van der Waals surface area contributed by atoms with Gasteiger partial charge in [0.2, 0.25) is 0 Å². The van der Waals surface area contributed by atoms with Crippen LogP contribution in [0.25, 0.3) is 0 Å². The van der Waals surface area contributed by atoms with Crippen LogP contribution in [0.2, 0.25) is 0 Å². The highest BCUT2D eigenvalue weighted by Crippen LogP contribution is 2.37. The Balaban J connectivity index is 1.57. The van der Waals surface area contributed by atoms with E-state index in [1.54, 1.807) is 0 Å². The molecule has 0 heterocycles. The van der Waals surface area contributed by atoms with Crippen LogP contribution in [0.4, 0.5) is 0 Å². The van der Waals surface area contributed by atoms with Crippen molar-refractivity contribution in [2.75, 3.05) is 19.8 Å². The molecular weight excluding hydrogens is 302 g/mol. The molecule has 1 fully saturated rings. The maximum absolute atomic E-state index is 5.57. The number of hydrogen-bond donors (Lipinski definition) is 1. The third kappa shape index (κ3) is 4.90. The molecule has 2 nitrogen and oxygen atoms in total. The van der Waals surface area contributed by atoms with Crippen molar-refractivity contribution >= 4 is 15.9 Å². The van der Waals surface area contributed by atoms with E-state index in [1.165, 1.54) is 18.4 Å². The Kier molecular flexibility index (Phi) is 5.86. The molecule has 3 heteroatoms. The molecule has 0 aromatic heterocycles. The Hall–Kier alpha value is -0.380. The number of benzene rings is 1. The topological polar surface area (TPSA) is 21.3 Å². The monoisotopic (exact) mass is 325 g/mol. The van der Waals surface area contributed by atoms with E-state index >= 15 is 0 Å². The molecule has 0 radical (unpaired) electrons. The molecule has 0 atom stereocenters. The van der Waals surface area contributed by atoms with Crippen molar-refractivity contribution in [1.82, 2.24) is 5.32 Å². The molecule has 1 aromatic carbocycles. The smallest absolute Gasteiger partial charge is 0.0591 e. The average Bonchev–Trinajstić information content (AvgIpc) is 2.32. The second kappa shape index (κ2) is 7.41. The first-order valence-corrected chi connectivity index (χ1v) is 8.01. The lowest BCUT2D eigenvalue weighted by Gasteiger charge is -2.36. The zero-order chi connectivity index (χ0) is 13.7. The normalized spacial score (nSPS) is 22.5. The van der Waals surface area contributed by atoms with Crippen molar-refractivity contribution in [3.63, 3.8) is 0 Å². The summed E-state index contributed by atoms with van der Waals surface area (Å²) in [5, 5.41) is 3.57. The van der Waals surface area contributed by atoms with Crippen molar-refractivity contribution in [2.24, 2.45) is 5.92 Å². The predicted octanol–water partition coefficient (Wildman–Crippen LogP) is 3.96. The van der Waals surface area contributed by atoms with Gasteiger partial charge in [0.25, 0.3) is 0 Å². The summed E-state index contributed by atoms with van der Waals surface area (Å²) in [6.45, 7) is 7.04. The molecular formula is C16H24BrNO. The number of hydrogen-bond acceptors (Lipinski definition) is 2. The van der Waals surface area contributed by atoms with Gasteiger partial charge in [-0.3, -0.25) is 0 Å². The summed E-state index contributed by atoms with van der Waals surface area (Å²) >= 11 is 3.48. The Morgan fingerprint density at radius 3 is 2.58 bits per heavy atom. The van der Waals surface area contributed by atoms with Crippen LogP contribution in [0.3, 0.4) is 0 Å². The van der Waals surface area contributed by atoms with Crippen LogP contribution < -0.4 is 5.32 Å². The Morgan fingerprint density at radius 1 is 1.26 bits per heavy atom. The summed E-state index contributed by atoms with van der Waals surface area (Å²) in [6.07, 6.45) is 2.51. The van der Waals surface area contributed by atoms with E-state index in [2.05, 4.69) is 59.4 Å². The van der Waals surface area contributed by atoms with Gasteiger partial charge in [-0.05, 0) is 42.4 Å². The molecule has 1 aliphatic rings. The van der Waals surface area contributed by atoms with Gasteiger partial charge < -0.3 is 10.1 Å². The predicted molar refractivity (Wildman–Crippen MR) is 83.6 cm³/mol. The Labute approximate surface area is 125 Å². The second-order valence-corrected chi connectivity index (χ2v) is 6.76. The van der Waals surface area contributed by atoms with E-state index in [9.17, 15) is 0 Å². The number of nitrogens with one attached hydrogen (secondary N) is 1. The summed E-state index contributed by atoms with van der Waals surface area (Å²) in [5.74, 6) is 1.37. The van der Waals surface area contributed by atoms with Gasteiger partial charge in [0.15, 0.2) is 0 Å². The molecule has 0 aliphatic heterocycles. The van der Waals surface area contributed by atoms with Gasteiger partial charge in [0.1, 0.15) is 0 Å². The lowest BCUT2D eigenvalue weighted by Crippen LogP contribution is -2.41. The molecule has 106 valence electrons. The van der Waals surface area contributed by atoms with Crippen LogP contribution >= 0.6 is 15.9 Å². The lowest BCUT2D eigenvalue weighted by atomic mass is 9.76. The van der Waals surface area contributed by atoms with E-state index < -0.39 is 0 Å². The van der Waals surface area contributed by atoms with Crippen molar-refractivity contribution in [3.8, 4) is 0 Å². The van der Waals surface area contributed by atoms with Gasteiger partial charge in [0, 0.05) is 23.7 Å². The lowest BCUT2D eigenvalue weighted by molar-refractivity contribution is 0.106. The quantitative estimate of drug-likeness (QED) is 0.766. The van der Waals surface area contributed by atoms with Crippen molar-refractivity contribution in [1.29, 1.82) is 0 Å². The van der Waals surface area contributed by atoms with Gasteiger partial charge >= 0.3 is 0 Å². The maximum Gasteiger partial charge on any atom is 0.0591 e. The molecule has 0 spiro atoms. The minimum Gasteiger partial charge on any atom is -0.380 e. The van der Waals surface area contributed by atoms with E-state index in [0.29, 0.717) is 12.0 Å².